The molecule has 1 atom stereocenters. The van der Waals surface area contributed by atoms with Gasteiger partial charge in [0.15, 0.2) is 5.82 Å². The molecule has 1 aromatic carbocycles. The maximum Gasteiger partial charge on any atom is 0.231 e. The van der Waals surface area contributed by atoms with Crippen LogP contribution < -0.4 is 5.73 Å². The topological polar surface area (TPSA) is 85.2 Å². The molecule has 1 heterocycles. The molecule has 0 saturated heterocycles. The quantitative estimate of drug-likeness (QED) is 0.830. The normalized spacial score (nSPS) is 12.6. The molecule has 1 aromatic heterocycles. The van der Waals surface area contributed by atoms with E-state index < -0.39 is 0 Å². The Morgan fingerprint density at radius 3 is 3.00 bits per heavy atom. The summed E-state index contributed by atoms with van der Waals surface area (Å²) in [6.07, 6.45) is 1.11. The van der Waals surface area contributed by atoms with Gasteiger partial charge in [-0.05, 0) is 24.6 Å². The number of nitrogens with zero attached hydrogens (tertiary/aromatic N) is 2. The lowest BCUT2D eigenvalue weighted by atomic mass is 10.1. The Labute approximate surface area is 99.3 Å². The molecule has 0 fully saturated rings. The molecule has 2 rings (SSSR count). The lowest BCUT2D eigenvalue weighted by Gasteiger charge is -1.98. The zero-order chi connectivity index (χ0) is 12.3. The number of rotatable bonds is 4. The number of phenols is 1. The van der Waals surface area contributed by atoms with Crippen molar-refractivity contribution in [2.75, 3.05) is 0 Å². The van der Waals surface area contributed by atoms with Gasteiger partial charge in [0.25, 0.3) is 0 Å². The molecule has 0 amide bonds. The van der Waals surface area contributed by atoms with Gasteiger partial charge in [0.2, 0.25) is 5.89 Å². The van der Waals surface area contributed by atoms with Crippen molar-refractivity contribution >= 4 is 0 Å². The lowest BCUT2D eigenvalue weighted by Crippen LogP contribution is -2.18. The minimum atomic E-state index is 0.0150. The first-order chi connectivity index (χ1) is 8.13. The Hall–Kier alpha value is -1.88. The molecule has 3 N–H and O–H groups in total. The molecular formula is C12H15N3O2. The van der Waals surface area contributed by atoms with E-state index in [4.69, 9.17) is 10.3 Å². The van der Waals surface area contributed by atoms with E-state index in [1.54, 1.807) is 18.2 Å². The van der Waals surface area contributed by atoms with Gasteiger partial charge < -0.3 is 15.4 Å². The van der Waals surface area contributed by atoms with E-state index in [1.165, 1.54) is 0 Å². The summed E-state index contributed by atoms with van der Waals surface area (Å²) in [5, 5.41) is 13.2. The van der Waals surface area contributed by atoms with E-state index in [1.807, 2.05) is 13.0 Å². The van der Waals surface area contributed by atoms with E-state index in [0.717, 1.165) is 5.56 Å². The van der Waals surface area contributed by atoms with Gasteiger partial charge in [0.1, 0.15) is 5.75 Å². The molecule has 5 heteroatoms. The molecule has 0 spiro atoms. The fourth-order valence-corrected chi connectivity index (χ4v) is 1.57. The molecule has 90 valence electrons. The predicted octanol–water partition coefficient (Wildman–Crippen LogP) is 1.26. The summed E-state index contributed by atoms with van der Waals surface area (Å²) in [6, 6.07) is 6.99. The minimum Gasteiger partial charge on any atom is -0.508 e. The van der Waals surface area contributed by atoms with Crippen molar-refractivity contribution in [2.45, 2.75) is 25.8 Å². The fraction of sp³-hybridized carbons (Fsp3) is 0.333. The van der Waals surface area contributed by atoms with Gasteiger partial charge in [-0.2, -0.15) is 4.98 Å². The van der Waals surface area contributed by atoms with Crippen LogP contribution in [0.15, 0.2) is 28.8 Å². The molecular weight excluding hydrogens is 218 g/mol. The zero-order valence-corrected chi connectivity index (χ0v) is 9.63. The number of hydrogen-bond acceptors (Lipinski definition) is 5. The first-order valence-corrected chi connectivity index (χ1v) is 5.48. The largest absolute Gasteiger partial charge is 0.508 e. The van der Waals surface area contributed by atoms with Crippen molar-refractivity contribution in [3.8, 4) is 5.75 Å². The second-order valence-electron chi connectivity index (χ2n) is 4.13. The van der Waals surface area contributed by atoms with E-state index in [2.05, 4.69) is 10.1 Å². The van der Waals surface area contributed by atoms with Crippen LogP contribution in [0.3, 0.4) is 0 Å². The average Bonchev–Trinajstić information content (AvgIpc) is 2.64. The molecule has 0 saturated carbocycles. The van der Waals surface area contributed by atoms with Crippen LogP contribution in [0.25, 0.3) is 0 Å². The third-order valence-electron chi connectivity index (χ3n) is 2.28. The summed E-state index contributed by atoms with van der Waals surface area (Å²) in [7, 11) is 0. The highest BCUT2D eigenvalue weighted by Crippen LogP contribution is 2.14. The summed E-state index contributed by atoms with van der Waals surface area (Å²) in [4.78, 5) is 4.24. The number of aromatic nitrogens is 2. The summed E-state index contributed by atoms with van der Waals surface area (Å²) in [6.45, 7) is 1.89. The van der Waals surface area contributed by atoms with Crippen LogP contribution >= 0.6 is 0 Å². The Morgan fingerprint density at radius 2 is 2.29 bits per heavy atom. The minimum absolute atomic E-state index is 0.0150. The van der Waals surface area contributed by atoms with Crippen LogP contribution in [-0.4, -0.2) is 21.3 Å². The van der Waals surface area contributed by atoms with Gasteiger partial charge in [0.05, 0.1) is 6.42 Å². The highest BCUT2D eigenvalue weighted by molar-refractivity contribution is 5.28. The standard InChI is InChI=1S/C12H15N3O2/c1-8(13)5-11-14-12(17-15-11)7-9-3-2-4-10(16)6-9/h2-4,6,8,16H,5,7,13H2,1H3. The summed E-state index contributed by atoms with van der Waals surface area (Å²) in [5.74, 6) is 1.39. The van der Waals surface area contributed by atoms with Crippen LogP contribution in [0.1, 0.15) is 24.2 Å². The third kappa shape index (κ3) is 3.29. The van der Waals surface area contributed by atoms with Crippen LogP contribution in [-0.2, 0) is 12.8 Å². The maximum absolute atomic E-state index is 9.33. The van der Waals surface area contributed by atoms with Crippen molar-refractivity contribution in [3.63, 3.8) is 0 Å². The Kier molecular flexibility index (Phi) is 3.39. The second-order valence-corrected chi connectivity index (χ2v) is 4.13. The maximum atomic E-state index is 9.33. The van der Waals surface area contributed by atoms with Crippen molar-refractivity contribution in [1.82, 2.24) is 10.1 Å². The molecule has 0 aliphatic rings. The van der Waals surface area contributed by atoms with Crippen LogP contribution in [0.5, 0.6) is 5.75 Å². The number of aromatic hydroxyl groups is 1. The summed E-state index contributed by atoms with van der Waals surface area (Å²) < 4.78 is 5.11. The summed E-state index contributed by atoms with van der Waals surface area (Å²) >= 11 is 0. The Balaban J connectivity index is 2.06. The molecule has 0 bridgehead atoms. The number of phenolic OH excluding ortho intramolecular Hbond substituents is 1. The monoisotopic (exact) mass is 233 g/mol. The first-order valence-electron chi connectivity index (χ1n) is 5.48. The smallest absolute Gasteiger partial charge is 0.231 e. The van der Waals surface area contributed by atoms with E-state index in [-0.39, 0.29) is 11.8 Å². The molecule has 17 heavy (non-hydrogen) atoms. The van der Waals surface area contributed by atoms with Crippen molar-refractivity contribution < 1.29 is 9.63 Å². The molecule has 0 aliphatic carbocycles. The average molecular weight is 233 g/mol. The van der Waals surface area contributed by atoms with E-state index in [9.17, 15) is 5.11 Å². The van der Waals surface area contributed by atoms with Gasteiger partial charge in [-0.3, -0.25) is 0 Å². The predicted molar refractivity (Wildman–Crippen MR) is 62.6 cm³/mol. The fourth-order valence-electron chi connectivity index (χ4n) is 1.57. The van der Waals surface area contributed by atoms with Crippen LogP contribution in [0, 0.1) is 0 Å². The first kappa shape index (κ1) is 11.6. The molecule has 5 nitrogen and oxygen atoms in total. The van der Waals surface area contributed by atoms with Crippen molar-refractivity contribution in [1.29, 1.82) is 0 Å². The van der Waals surface area contributed by atoms with Gasteiger partial charge in [-0.15, -0.1) is 0 Å². The molecule has 0 radical (unpaired) electrons. The SMILES string of the molecule is CC(N)Cc1noc(Cc2cccc(O)c2)n1. The van der Waals surface area contributed by atoms with Gasteiger partial charge in [0, 0.05) is 12.5 Å². The second kappa shape index (κ2) is 4.97. The van der Waals surface area contributed by atoms with Gasteiger partial charge in [-0.25, -0.2) is 0 Å². The Bertz CT molecular complexity index is 494. The number of nitrogens with two attached hydrogens (primary N) is 1. The number of hydrogen-bond donors (Lipinski definition) is 2. The highest BCUT2D eigenvalue weighted by Gasteiger charge is 2.08. The summed E-state index contributed by atoms with van der Waals surface area (Å²) in [5.41, 5.74) is 6.58. The Morgan fingerprint density at radius 1 is 1.47 bits per heavy atom. The number of benzene rings is 1. The van der Waals surface area contributed by atoms with Gasteiger partial charge >= 0.3 is 0 Å². The van der Waals surface area contributed by atoms with E-state index >= 15 is 0 Å². The third-order valence-corrected chi connectivity index (χ3v) is 2.28. The van der Waals surface area contributed by atoms with Crippen LogP contribution in [0.2, 0.25) is 0 Å². The van der Waals surface area contributed by atoms with Crippen LogP contribution in [0.4, 0.5) is 0 Å². The van der Waals surface area contributed by atoms with E-state index in [0.29, 0.717) is 24.6 Å². The lowest BCUT2D eigenvalue weighted by molar-refractivity contribution is 0.378. The van der Waals surface area contributed by atoms with Gasteiger partial charge in [-0.1, -0.05) is 17.3 Å². The highest BCUT2D eigenvalue weighted by atomic mass is 16.5. The molecule has 0 aliphatic heterocycles. The van der Waals surface area contributed by atoms with Crippen molar-refractivity contribution in [2.24, 2.45) is 5.73 Å². The zero-order valence-electron chi connectivity index (χ0n) is 9.63. The molecule has 2 aromatic rings. The van der Waals surface area contributed by atoms with Crippen molar-refractivity contribution in [3.05, 3.63) is 41.5 Å². The molecule has 1 unspecified atom stereocenters.